The van der Waals surface area contributed by atoms with Gasteiger partial charge in [0, 0.05) is 36.3 Å². The quantitative estimate of drug-likeness (QED) is 0.773. The molecular formula is C20H30N4O2. The van der Waals surface area contributed by atoms with Gasteiger partial charge in [0.25, 0.3) is 0 Å². The lowest BCUT2D eigenvalue weighted by atomic mass is 9.87. The van der Waals surface area contributed by atoms with Crippen LogP contribution in [0.15, 0.2) is 24.3 Å². The minimum Gasteiger partial charge on any atom is -0.352 e. The van der Waals surface area contributed by atoms with Crippen molar-refractivity contribution in [2.24, 2.45) is 5.73 Å². The minimum atomic E-state index is -0.433. The topological polar surface area (TPSA) is 87.5 Å². The fraction of sp³-hybridized carbons (Fsp3) is 0.600. The summed E-state index contributed by atoms with van der Waals surface area (Å²) in [7, 11) is 0. The van der Waals surface area contributed by atoms with Crippen molar-refractivity contribution in [3.63, 3.8) is 0 Å². The number of rotatable bonds is 4. The summed E-state index contributed by atoms with van der Waals surface area (Å²) in [5, 5.41) is 6.63. The van der Waals surface area contributed by atoms with E-state index in [1.54, 1.807) is 0 Å². The Balaban J connectivity index is 1.69. The third kappa shape index (κ3) is 4.01. The van der Waals surface area contributed by atoms with Crippen molar-refractivity contribution in [2.75, 3.05) is 4.90 Å². The van der Waals surface area contributed by atoms with Crippen LogP contribution in [0.25, 0.3) is 0 Å². The molecule has 0 aromatic heterocycles. The molecule has 3 rings (SSSR count). The molecule has 0 saturated heterocycles. The van der Waals surface area contributed by atoms with E-state index in [1.807, 2.05) is 24.0 Å². The first-order chi connectivity index (χ1) is 12.5. The van der Waals surface area contributed by atoms with Crippen molar-refractivity contribution in [1.82, 2.24) is 10.6 Å². The third-order valence-electron chi connectivity index (χ3n) is 5.67. The van der Waals surface area contributed by atoms with E-state index in [-0.39, 0.29) is 24.0 Å². The zero-order valence-electron chi connectivity index (χ0n) is 15.7. The Morgan fingerprint density at radius 3 is 2.46 bits per heavy atom. The molecule has 0 bridgehead atoms. The van der Waals surface area contributed by atoms with Gasteiger partial charge in [0.2, 0.25) is 5.91 Å². The van der Waals surface area contributed by atoms with Crippen LogP contribution < -0.4 is 21.3 Å². The van der Waals surface area contributed by atoms with Crippen LogP contribution in [0.2, 0.25) is 0 Å². The number of urea groups is 1. The largest absolute Gasteiger partial charge is 0.352 e. The second kappa shape index (κ2) is 8.08. The summed E-state index contributed by atoms with van der Waals surface area (Å²) in [4.78, 5) is 25.4. The second-order valence-electron chi connectivity index (χ2n) is 7.54. The predicted octanol–water partition coefficient (Wildman–Crippen LogP) is 2.83. The molecule has 0 unspecified atom stereocenters. The van der Waals surface area contributed by atoms with E-state index in [4.69, 9.17) is 5.73 Å². The van der Waals surface area contributed by atoms with Crippen molar-refractivity contribution < 1.29 is 9.59 Å². The minimum absolute atomic E-state index is 0.182. The molecule has 1 aliphatic carbocycles. The molecule has 1 aromatic rings. The molecule has 1 saturated carbocycles. The third-order valence-corrected chi connectivity index (χ3v) is 5.67. The Hall–Kier alpha value is -2.08. The number of benzene rings is 1. The van der Waals surface area contributed by atoms with E-state index >= 15 is 0 Å². The highest BCUT2D eigenvalue weighted by molar-refractivity contribution is 5.95. The van der Waals surface area contributed by atoms with Gasteiger partial charge in [-0.1, -0.05) is 25.1 Å². The normalized spacial score (nSPS) is 28.3. The summed E-state index contributed by atoms with van der Waals surface area (Å²) in [5.41, 5.74) is 7.48. The maximum Gasteiger partial charge on any atom is 0.312 e. The van der Waals surface area contributed by atoms with Crippen LogP contribution in [0.1, 0.15) is 64.0 Å². The lowest BCUT2D eigenvalue weighted by Crippen LogP contribution is -2.48. The number of nitrogens with one attached hydrogen (secondary N) is 2. The number of carbonyl (C=O) groups is 2. The summed E-state index contributed by atoms with van der Waals surface area (Å²) >= 11 is 0. The van der Waals surface area contributed by atoms with Crippen molar-refractivity contribution in [2.45, 2.75) is 76.5 Å². The van der Waals surface area contributed by atoms with E-state index in [1.165, 1.54) is 5.56 Å². The Bertz CT molecular complexity index is 655. The molecule has 1 fully saturated rings. The number of hydrogen-bond donors (Lipinski definition) is 3. The Labute approximate surface area is 155 Å². The monoisotopic (exact) mass is 358 g/mol. The predicted molar refractivity (Wildman–Crippen MR) is 103 cm³/mol. The summed E-state index contributed by atoms with van der Waals surface area (Å²) in [6.07, 6.45) is 5.39. The van der Waals surface area contributed by atoms with Gasteiger partial charge in [-0.25, -0.2) is 4.79 Å². The zero-order chi connectivity index (χ0) is 18.7. The number of nitrogens with two attached hydrogens (primary N) is 1. The van der Waals surface area contributed by atoms with E-state index in [2.05, 4.69) is 29.7 Å². The highest BCUT2D eigenvalue weighted by atomic mass is 16.2. The fourth-order valence-corrected chi connectivity index (χ4v) is 4.41. The molecule has 0 radical (unpaired) electrons. The number of carbonyl (C=O) groups excluding carboxylic acids is 2. The summed E-state index contributed by atoms with van der Waals surface area (Å²) in [5.74, 6) is 0.182. The van der Waals surface area contributed by atoms with Gasteiger partial charge in [-0.15, -0.1) is 0 Å². The van der Waals surface area contributed by atoms with Gasteiger partial charge in [-0.05, 0) is 50.7 Å². The number of nitrogens with zero attached hydrogens (tertiary/aromatic N) is 1. The van der Waals surface area contributed by atoms with Crippen LogP contribution in [0.5, 0.6) is 0 Å². The molecule has 26 heavy (non-hydrogen) atoms. The number of fused-ring (bicyclic) bond motifs is 1. The van der Waals surface area contributed by atoms with Crippen LogP contribution in [0.4, 0.5) is 10.5 Å². The van der Waals surface area contributed by atoms with Gasteiger partial charge < -0.3 is 21.3 Å². The molecule has 4 N–H and O–H groups in total. The van der Waals surface area contributed by atoms with Crippen LogP contribution in [-0.2, 0) is 4.79 Å². The smallest absolute Gasteiger partial charge is 0.312 e. The van der Waals surface area contributed by atoms with Crippen molar-refractivity contribution >= 4 is 17.6 Å². The van der Waals surface area contributed by atoms with E-state index in [0.717, 1.165) is 37.8 Å². The second-order valence-corrected chi connectivity index (χ2v) is 7.54. The molecule has 0 spiro atoms. The van der Waals surface area contributed by atoms with E-state index in [0.29, 0.717) is 12.5 Å². The molecule has 1 aromatic carbocycles. The molecule has 142 valence electrons. The highest BCUT2D eigenvalue weighted by Crippen LogP contribution is 2.38. The standard InChI is InChI=1S/C20H30N4O2/c1-3-19(25)24-13(2)12-17(16-6-4-5-7-18(16)24)22-14-8-10-15(11-9-14)23-20(21)26/h4-7,13-15,17,22H,3,8-12H2,1-2H3,(H3,21,23,26)/t13-,14?,15?,17+/m0/s1. The first-order valence-electron chi connectivity index (χ1n) is 9.72. The number of primary amides is 1. The lowest BCUT2D eigenvalue weighted by Gasteiger charge is -2.41. The van der Waals surface area contributed by atoms with E-state index in [9.17, 15) is 9.59 Å². The van der Waals surface area contributed by atoms with Gasteiger partial charge in [-0.2, -0.15) is 0 Å². The average molecular weight is 358 g/mol. The number of anilines is 1. The van der Waals surface area contributed by atoms with Gasteiger partial charge in [0.1, 0.15) is 0 Å². The molecule has 1 heterocycles. The molecule has 3 amide bonds. The van der Waals surface area contributed by atoms with Crippen molar-refractivity contribution in [3.05, 3.63) is 29.8 Å². The lowest BCUT2D eigenvalue weighted by molar-refractivity contribution is -0.118. The Kier molecular flexibility index (Phi) is 5.81. The number of para-hydroxylation sites is 1. The number of hydrogen-bond acceptors (Lipinski definition) is 3. The average Bonchev–Trinajstić information content (AvgIpc) is 2.62. The first kappa shape index (κ1) is 18.7. The van der Waals surface area contributed by atoms with Crippen LogP contribution in [0.3, 0.4) is 0 Å². The van der Waals surface area contributed by atoms with Crippen LogP contribution in [0, 0.1) is 0 Å². The van der Waals surface area contributed by atoms with Gasteiger partial charge >= 0.3 is 6.03 Å². The first-order valence-corrected chi connectivity index (χ1v) is 9.72. The molecule has 1 aliphatic heterocycles. The SMILES string of the molecule is CCC(=O)N1c2ccccc2[C@H](NC2CCC(NC(N)=O)CC2)C[C@@H]1C. The van der Waals surface area contributed by atoms with Crippen LogP contribution in [-0.4, -0.2) is 30.1 Å². The molecule has 6 nitrogen and oxygen atoms in total. The zero-order valence-corrected chi connectivity index (χ0v) is 15.7. The maximum absolute atomic E-state index is 12.4. The van der Waals surface area contributed by atoms with Crippen molar-refractivity contribution in [3.8, 4) is 0 Å². The van der Waals surface area contributed by atoms with Gasteiger partial charge in [0.15, 0.2) is 0 Å². The van der Waals surface area contributed by atoms with Crippen molar-refractivity contribution in [1.29, 1.82) is 0 Å². The Morgan fingerprint density at radius 1 is 1.15 bits per heavy atom. The molecule has 2 atom stereocenters. The number of amides is 3. The Morgan fingerprint density at radius 2 is 1.81 bits per heavy atom. The summed E-state index contributed by atoms with van der Waals surface area (Å²) < 4.78 is 0. The summed E-state index contributed by atoms with van der Waals surface area (Å²) in [6.45, 7) is 4.05. The van der Waals surface area contributed by atoms with Crippen LogP contribution >= 0.6 is 0 Å². The van der Waals surface area contributed by atoms with E-state index < -0.39 is 6.03 Å². The fourth-order valence-electron chi connectivity index (χ4n) is 4.41. The molecule has 6 heteroatoms. The highest BCUT2D eigenvalue weighted by Gasteiger charge is 2.34. The van der Waals surface area contributed by atoms with Gasteiger partial charge in [-0.3, -0.25) is 4.79 Å². The van der Waals surface area contributed by atoms with Gasteiger partial charge in [0.05, 0.1) is 0 Å². The summed E-state index contributed by atoms with van der Waals surface area (Å²) in [6, 6.07) is 8.87. The molecule has 2 aliphatic rings. The maximum atomic E-state index is 12.4. The molecular weight excluding hydrogens is 328 g/mol.